The fourth-order valence-electron chi connectivity index (χ4n) is 1.90. The number of aromatic nitrogens is 2. The number of nitrogens with one attached hydrogen (secondary N) is 1. The molecule has 1 aromatic carbocycles. The Morgan fingerprint density at radius 3 is 2.61 bits per heavy atom. The molecule has 1 aromatic heterocycles. The molecule has 0 spiro atoms. The summed E-state index contributed by atoms with van der Waals surface area (Å²) in [5.74, 6) is 0.418. The van der Waals surface area contributed by atoms with E-state index in [-0.39, 0.29) is 11.9 Å². The molecule has 3 nitrogen and oxygen atoms in total. The molecule has 2 aromatic rings. The molecular weight excluding hydrogens is 229 g/mol. The van der Waals surface area contributed by atoms with E-state index in [0.29, 0.717) is 11.6 Å². The molecule has 0 atom stereocenters. The Labute approximate surface area is 107 Å². The van der Waals surface area contributed by atoms with Crippen molar-refractivity contribution in [3.8, 4) is 0 Å². The highest BCUT2D eigenvalue weighted by atomic mass is 19.1. The molecule has 18 heavy (non-hydrogen) atoms. The van der Waals surface area contributed by atoms with Gasteiger partial charge in [-0.15, -0.1) is 0 Å². The summed E-state index contributed by atoms with van der Waals surface area (Å²) in [6, 6.07) is 5.31. The molecule has 0 saturated heterocycles. The number of hydrogen-bond donors (Lipinski definition) is 1. The van der Waals surface area contributed by atoms with Gasteiger partial charge in [0.2, 0.25) is 5.95 Å². The Balaban J connectivity index is 2.40. The van der Waals surface area contributed by atoms with Crippen LogP contribution < -0.4 is 5.32 Å². The van der Waals surface area contributed by atoms with Gasteiger partial charge in [0.25, 0.3) is 0 Å². The van der Waals surface area contributed by atoms with Crippen molar-refractivity contribution >= 4 is 11.6 Å². The monoisotopic (exact) mass is 247 g/mol. The van der Waals surface area contributed by atoms with Crippen LogP contribution >= 0.6 is 0 Å². The second kappa shape index (κ2) is 4.80. The van der Waals surface area contributed by atoms with Crippen molar-refractivity contribution in [3.63, 3.8) is 0 Å². The van der Waals surface area contributed by atoms with Crippen molar-refractivity contribution < 1.29 is 4.39 Å². The zero-order valence-corrected chi connectivity index (χ0v) is 11.2. The second-order valence-corrected chi connectivity index (χ2v) is 4.76. The van der Waals surface area contributed by atoms with Crippen LogP contribution in [0.1, 0.15) is 31.1 Å². The molecule has 0 aliphatic heterocycles. The summed E-state index contributed by atoms with van der Waals surface area (Å²) in [6.45, 7) is 7.94. The van der Waals surface area contributed by atoms with E-state index in [1.54, 1.807) is 6.07 Å². The summed E-state index contributed by atoms with van der Waals surface area (Å²) in [4.78, 5) is 4.39. The number of para-hydroxylation sites is 1. The van der Waals surface area contributed by atoms with Crippen molar-refractivity contribution in [3.05, 3.63) is 41.5 Å². The van der Waals surface area contributed by atoms with Gasteiger partial charge in [-0.25, -0.2) is 9.37 Å². The van der Waals surface area contributed by atoms with E-state index in [4.69, 9.17) is 0 Å². The van der Waals surface area contributed by atoms with Crippen molar-refractivity contribution in [2.24, 2.45) is 0 Å². The fraction of sp³-hybridized carbons (Fsp3) is 0.357. The van der Waals surface area contributed by atoms with Gasteiger partial charge in [0, 0.05) is 12.2 Å². The van der Waals surface area contributed by atoms with Crippen LogP contribution in [0.3, 0.4) is 0 Å². The fourth-order valence-corrected chi connectivity index (χ4v) is 1.90. The van der Waals surface area contributed by atoms with Crippen LogP contribution in [0.5, 0.6) is 0 Å². The maximum atomic E-state index is 13.8. The Hall–Kier alpha value is -1.84. The SMILES string of the molecule is Cc1cn(C(C)C)c(Nc2c(C)cccc2F)n1. The van der Waals surface area contributed by atoms with Gasteiger partial charge in [-0.2, -0.15) is 0 Å². The average Bonchev–Trinajstić information content (AvgIpc) is 2.65. The number of anilines is 2. The normalized spacial score (nSPS) is 11.0. The van der Waals surface area contributed by atoms with E-state index in [9.17, 15) is 4.39 Å². The highest BCUT2D eigenvalue weighted by molar-refractivity contribution is 5.59. The third-order valence-electron chi connectivity index (χ3n) is 2.87. The van der Waals surface area contributed by atoms with Gasteiger partial charge in [-0.3, -0.25) is 0 Å². The summed E-state index contributed by atoms with van der Waals surface area (Å²) in [6.07, 6.45) is 1.96. The molecule has 0 unspecified atom stereocenters. The summed E-state index contributed by atoms with van der Waals surface area (Å²) >= 11 is 0. The molecule has 0 radical (unpaired) electrons. The first-order chi connectivity index (χ1) is 8.49. The van der Waals surface area contributed by atoms with E-state index in [1.807, 2.05) is 30.7 Å². The van der Waals surface area contributed by atoms with Gasteiger partial charge >= 0.3 is 0 Å². The molecule has 0 aliphatic carbocycles. The van der Waals surface area contributed by atoms with Crippen molar-refractivity contribution in [2.75, 3.05) is 5.32 Å². The molecule has 1 N–H and O–H groups in total. The van der Waals surface area contributed by atoms with Gasteiger partial charge in [0.1, 0.15) is 5.82 Å². The summed E-state index contributed by atoms with van der Waals surface area (Å²) < 4.78 is 15.8. The van der Waals surface area contributed by atoms with Gasteiger partial charge < -0.3 is 9.88 Å². The first kappa shape index (κ1) is 12.6. The number of aryl methyl sites for hydroxylation is 2. The summed E-state index contributed by atoms with van der Waals surface area (Å²) in [7, 11) is 0. The van der Waals surface area contributed by atoms with E-state index in [1.165, 1.54) is 6.07 Å². The lowest BCUT2D eigenvalue weighted by Crippen LogP contribution is -2.07. The van der Waals surface area contributed by atoms with E-state index < -0.39 is 0 Å². The first-order valence-corrected chi connectivity index (χ1v) is 6.06. The zero-order valence-electron chi connectivity index (χ0n) is 11.2. The van der Waals surface area contributed by atoms with Gasteiger partial charge in [0.05, 0.1) is 11.4 Å². The van der Waals surface area contributed by atoms with Crippen LogP contribution in [0.15, 0.2) is 24.4 Å². The first-order valence-electron chi connectivity index (χ1n) is 6.06. The number of halogens is 1. The molecule has 0 saturated carbocycles. The minimum atomic E-state index is -0.258. The molecule has 0 bridgehead atoms. The Kier molecular flexibility index (Phi) is 3.36. The highest BCUT2D eigenvalue weighted by Gasteiger charge is 2.12. The lowest BCUT2D eigenvalue weighted by atomic mass is 10.2. The third-order valence-corrected chi connectivity index (χ3v) is 2.87. The second-order valence-electron chi connectivity index (χ2n) is 4.76. The topological polar surface area (TPSA) is 29.9 Å². The standard InChI is InChI=1S/C14H18FN3/c1-9(2)18-8-11(4)16-14(18)17-13-10(3)6-5-7-12(13)15/h5-9H,1-4H3,(H,16,17). The quantitative estimate of drug-likeness (QED) is 0.889. The average molecular weight is 247 g/mol. The van der Waals surface area contributed by atoms with Gasteiger partial charge in [-0.05, 0) is 39.3 Å². The molecule has 96 valence electrons. The van der Waals surface area contributed by atoms with Crippen molar-refractivity contribution in [1.82, 2.24) is 9.55 Å². The molecule has 0 amide bonds. The lowest BCUT2D eigenvalue weighted by molar-refractivity contribution is 0.604. The van der Waals surface area contributed by atoms with E-state index >= 15 is 0 Å². The number of hydrogen-bond acceptors (Lipinski definition) is 2. The van der Waals surface area contributed by atoms with E-state index in [2.05, 4.69) is 24.1 Å². The lowest BCUT2D eigenvalue weighted by Gasteiger charge is -2.14. The van der Waals surface area contributed by atoms with E-state index in [0.717, 1.165) is 11.3 Å². The predicted octanol–water partition coefficient (Wildman–Crippen LogP) is 3.96. The van der Waals surface area contributed by atoms with Crippen molar-refractivity contribution in [2.45, 2.75) is 33.7 Å². The van der Waals surface area contributed by atoms with Crippen LogP contribution in [0, 0.1) is 19.7 Å². The molecule has 1 heterocycles. The van der Waals surface area contributed by atoms with Crippen molar-refractivity contribution in [1.29, 1.82) is 0 Å². The van der Waals surface area contributed by atoms with Crippen LogP contribution in [-0.4, -0.2) is 9.55 Å². The number of imidazole rings is 1. The van der Waals surface area contributed by atoms with Gasteiger partial charge in [0.15, 0.2) is 0 Å². The highest BCUT2D eigenvalue weighted by Crippen LogP contribution is 2.25. The predicted molar refractivity (Wildman–Crippen MR) is 71.8 cm³/mol. The van der Waals surface area contributed by atoms with Crippen LogP contribution in [-0.2, 0) is 0 Å². The molecule has 0 aliphatic rings. The van der Waals surface area contributed by atoms with Gasteiger partial charge in [-0.1, -0.05) is 12.1 Å². The largest absolute Gasteiger partial charge is 0.323 e. The zero-order chi connectivity index (χ0) is 13.3. The number of rotatable bonds is 3. The molecule has 0 fully saturated rings. The smallest absolute Gasteiger partial charge is 0.207 e. The third kappa shape index (κ3) is 2.37. The number of nitrogens with zero attached hydrogens (tertiary/aromatic N) is 2. The Morgan fingerprint density at radius 2 is 2.00 bits per heavy atom. The minimum Gasteiger partial charge on any atom is -0.323 e. The van der Waals surface area contributed by atoms with Crippen LogP contribution in [0.4, 0.5) is 16.0 Å². The number of benzene rings is 1. The Bertz CT molecular complexity index is 538. The summed E-state index contributed by atoms with van der Waals surface area (Å²) in [5.41, 5.74) is 2.27. The maximum absolute atomic E-state index is 13.8. The molecule has 4 heteroatoms. The maximum Gasteiger partial charge on any atom is 0.207 e. The van der Waals surface area contributed by atoms with Crippen LogP contribution in [0.25, 0.3) is 0 Å². The van der Waals surface area contributed by atoms with Crippen LogP contribution in [0.2, 0.25) is 0 Å². The molecule has 2 rings (SSSR count). The Morgan fingerprint density at radius 1 is 1.28 bits per heavy atom. The molecular formula is C14H18FN3. The minimum absolute atomic E-state index is 0.258. The summed E-state index contributed by atoms with van der Waals surface area (Å²) in [5, 5.41) is 3.09.